The highest BCUT2D eigenvalue weighted by Crippen LogP contribution is 2.10. The third-order valence-electron chi connectivity index (χ3n) is 1.28. The lowest BCUT2D eigenvalue weighted by molar-refractivity contribution is -0.132. The van der Waals surface area contributed by atoms with Crippen molar-refractivity contribution in [2.45, 2.75) is 11.8 Å². The van der Waals surface area contributed by atoms with Gasteiger partial charge in [0.05, 0.1) is 5.92 Å². The van der Waals surface area contributed by atoms with E-state index in [1.165, 1.54) is 14.0 Å². The average Bonchev–Trinajstić information content (AvgIpc) is 2.00. The van der Waals surface area contributed by atoms with Crippen LogP contribution < -0.4 is 5.32 Å². The van der Waals surface area contributed by atoms with Gasteiger partial charge in [-0.3, -0.25) is 9.59 Å². The molecule has 0 aromatic rings. The molecular formula is C6H9Cl2NO2. The van der Waals surface area contributed by atoms with E-state index in [1.807, 2.05) is 0 Å². The summed E-state index contributed by atoms with van der Waals surface area (Å²) in [6.45, 7) is 1.46. The normalized spacial score (nSPS) is 12.8. The second-order valence-corrected chi connectivity index (χ2v) is 3.14. The standard InChI is InChI=1S/C6H9Cl2NO2/c1-3(6(11)9-2)4(10)5(7)8/h3,5H,1-2H3,(H,9,11). The molecule has 5 heteroatoms. The van der Waals surface area contributed by atoms with Crippen molar-refractivity contribution in [2.24, 2.45) is 5.92 Å². The number of ketones is 1. The summed E-state index contributed by atoms with van der Waals surface area (Å²) in [5.74, 6) is -1.63. The van der Waals surface area contributed by atoms with E-state index in [-0.39, 0.29) is 5.91 Å². The van der Waals surface area contributed by atoms with Gasteiger partial charge >= 0.3 is 0 Å². The van der Waals surface area contributed by atoms with E-state index in [2.05, 4.69) is 5.32 Å². The smallest absolute Gasteiger partial charge is 0.230 e. The van der Waals surface area contributed by atoms with Crippen LogP contribution in [0.25, 0.3) is 0 Å². The molecule has 0 bridgehead atoms. The van der Waals surface area contributed by atoms with E-state index in [0.717, 1.165) is 0 Å². The van der Waals surface area contributed by atoms with Gasteiger partial charge in [0.25, 0.3) is 0 Å². The molecule has 11 heavy (non-hydrogen) atoms. The number of hydrogen-bond acceptors (Lipinski definition) is 2. The highest BCUT2D eigenvalue weighted by molar-refractivity contribution is 6.54. The summed E-state index contributed by atoms with van der Waals surface area (Å²) in [5.41, 5.74) is 0. The predicted octanol–water partition coefficient (Wildman–Crippen LogP) is 0.741. The lowest BCUT2D eigenvalue weighted by atomic mass is 10.1. The summed E-state index contributed by atoms with van der Waals surface area (Å²) in [7, 11) is 1.45. The van der Waals surface area contributed by atoms with Gasteiger partial charge in [-0.25, -0.2) is 0 Å². The average molecular weight is 198 g/mol. The van der Waals surface area contributed by atoms with Gasteiger partial charge in [0.2, 0.25) is 5.91 Å². The van der Waals surface area contributed by atoms with Crippen molar-refractivity contribution in [3.05, 3.63) is 0 Å². The molecule has 0 rings (SSSR count). The molecule has 0 saturated heterocycles. The monoisotopic (exact) mass is 197 g/mol. The number of nitrogens with one attached hydrogen (secondary N) is 1. The number of carbonyl (C=O) groups is 2. The molecule has 0 saturated carbocycles. The first kappa shape index (κ1) is 10.7. The maximum Gasteiger partial charge on any atom is 0.230 e. The summed E-state index contributed by atoms with van der Waals surface area (Å²) in [4.78, 5) is 20.6. The summed E-state index contributed by atoms with van der Waals surface area (Å²) >= 11 is 10.5. The van der Waals surface area contributed by atoms with Crippen LogP contribution in [0, 0.1) is 5.92 Å². The Morgan fingerprint density at radius 1 is 1.36 bits per heavy atom. The predicted molar refractivity (Wildman–Crippen MR) is 43.7 cm³/mol. The van der Waals surface area contributed by atoms with Crippen LogP contribution in [-0.4, -0.2) is 23.6 Å². The fraction of sp³-hybridized carbons (Fsp3) is 0.667. The molecule has 0 aromatic heterocycles. The maximum absolute atomic E-state index is 10.9. The van der Waals surface area contributed by atoms with Crippen molar-refractivity contribution >= 4 is 34.9 Å². The molecule has 0 heterocycles. The first-order valence-electron chi connectivity index (χ1n) is 3.04. The van der Waals surface area contributed by atoms with Gasteiger partial charge < -0.3 is 5.32 Å². The van der Waals surface area contributed by atoms with Gasteiger partial charge in [0.15, 0.2) is 10.6 Å². The Morgan fingerprint density at radius 2 is 1.82 bits per heavy atom. The van der Waals surface area contributed by atoms with Crippen LogP contribution >= 0.6 is 23.2 Å². The number of hydrogen-bond donors (Lipinski definition) is 1. The minimum Gasteiger partial charge on any atom is -0.359 e. The Balaban J connectivity index is 4.13. The van der Waals surface area contributed by atoms with E-state index in [0.29, 0.717) is 0 Å². The molecular weight excluding hydrogens is 189 g/mol. The Hall–Kier alpha value is -0.280. The Labute approximate surface area is 75.0 Å². The van der Waals surface area contributed by atoms with Crippen molar-refractivity contribution in [1.29, 1.82) is 0 Å². The minimum atomic E-state index is -1.12. The zero-order chi connectivity index (χ0) is 9.02. The highest BCUT2D eigenvalue weighted by Gasteiger charge is 2.24. The molecule has 1 unspecified atom stereocenters. The van der Waals surface area contributed by atoms with Crippen LogP contribution in [0.3, 0.4) is 0 Å². The number of rotatable bonds is 3. The summed E-state index contributed by atoms with van der Waals surface area (Å²) in [6.07, 6.45) is 0. The Morgan fingerprint density at radius 3 is 2.09 bits per heavy atom. The lowest BCUT2D eigenvalue weighted by Crippen LogP contribution is -2.33. The molecule has 0 aliphatic carbocycles. The van der Waals surface area contributed by atoms with Crippen LogP contribution in [0.1, 0.15) is 6.92 Å². The Bertz CT molecular complexity index is 170. The number of carbonyl (C=O) groups excluding carboxylic acids is 2. The number of amides is 1. The molecule has 0 aromatic carbocycles. The minimum absolute atomic E-state index is 0.374. The second kappa shape index (κ2) is 4.57. The largest absolute Gasteiger partial charge is 0.359 e. The molecule has 1 amide bonds. The van der Waals surface area contributed by atoms with Gasteiger partial charge in [-0.2, -0.15) is 0 Å². The third-order valence-corrected chi connectivity index (χ3v) is 1.71. The van der Waals surface area contributed by atoms with Crippen LogP contribution in [0.15, 0.2) is 0 Å². The summed E-state index contributed by atoms with van der Waals surface area (Å²) < 4.78 is 0. The van der Waals surface area contributed by atoms with Crippen molar-refractivity contribution in [3.63, 3.8) is 0 Å². The molecule has 3 nitrogen and oxygen atoms in total. The van der Waals surface area contributed by atoms with Crippen molar-refractivity contribution in [2.75, 3.05) is 7.05 Å². The van der Waals surface area contributed by atoms with Crippen LogP contribution in [0.2, 0.25) is 0 Å². The molecule has 1 atom stereocenters. The molecule has 1 N–H and O–H groups in total. The van der Waals surface area contributed by atoms with E-state index in [4.69, 9.17) is 23.2 Å². The zero-order valence-corrected chi connectivity index (χ0v) is 7.74. The van der Waals surface area contributed by atoms with Gasteiger partial charge in [-0.1, -0.05) is 23.2 Å². The van der Waals surface area contributed by atoms with Gasteiger partial charge in [-0.15, -0.1) is 0 Å². The summed E-state index contributed by atoms with van der Waals surface area (Å²) in [6, 6.07) is 0. The van der Waals surface area contributed by atoms with E-state index < -0.39 is 16.5 Å². The SMILES string of the molecule is CNC(=O)C(C)C(=O)C(Cl)Cl. The maximum atomic E-state index is 10.9. The fourth-order valence-electron chi connectivity index (χ4n) is 0.535. The molecule has 0 aliphatic heterocycles. The van der Waals surface area contributed by atoms with Gasteiger partial charge in [0, 0.05) is 7.05 Å². The van der Waals surface area contributed by atoms with Crippen molar-refractivity contribution in [3.8, 4) is 0 Å². The fourth-order valence-corrected chi connectivity index (χ4v) is 0.913. The Kier molecular flexibility index (Phi) is 4.45. The van der Waals surface area contributed by atoms with Gasteiger partial charge in [0.1, 0.15) is 0 Å². The highest BCUT2D eigenvalue weighted by atomic mass is 35.5. The first-order valence-corrected chi connectivity index (χ1v) is 3.91. The topological polar surface area (TPSA) is 46.2 Å². The van der Waals surface area contributed by atoms with E-state index in [1.54, 1.807) is 0 Å². The second-order valence-electron chi connectivity index (χ2n) is 2.04. The van der Waals surface area contributed by atoms with E-state index >= 15 is 0 Å². The molecule has 0 spiro atoms. The van der Waals surface area contributed by atoms with Crippen LogP contribution in [-0.2, 0) is 9.59 Å². The van der Waals surface area contributed by atoms with Crippen molar-refractivity contribution < 1.29 is 9.59 Å². The zero-order valence-electron chi connectivity index (χ0n) is 6.23. The number of halogens is 2. The van der Waals surface area contributed by atoms with Gasteiger partial charge in [-0.05, 0) is 6.92 Å². The lowest BCUT2D eigenvalue weighted by Gasteiger charge is -2.08. The molecule has 0 fully saturated rings. The van der Waals surface area contributed by atoms with Crippen LogP contribution in [0.5, 0.6) is 0 Å². The molecule has 0 aliphatic rings. The number of alkyl halides is 2. The molecule has 64 valence electrons. The first-order chi connectivity index (χ1) is 5.00. The van der Waals surface area contributed by atoms with Crippen molar-refractivity contribution in [1.82, 2.24) is 5.32 Å². The summed E-state index contributed by atoms with van der Waals surface area (Å²) in [5, 5.41) is 2.32. The van der Waals surface area contributed by atoms with Crippen LogP contribution in [0.4, 0.5) is 0 Å². The molecule has 0 radical (unpaired) electrons. The quantitative estimate of drug-likeness (QED) is 0.537. The number of Topliss-reactive ketones (excluding diaryl/α,β-unsaturated/α-hetero) is 1. The van der Waals surface area contributed by atoms with E-state index in [9.17, 15) is 9.59 Å². The third kappa shape index (κ3) is 3.08.